The third kappa shape index (κ3) is 52.2. The van der Waals surface area contributed by atoms with Gasteiger partial charge in [-0.05, 0) is 83.5 Å². The molecule has 0 aliphatic rings. The first-order valence-corrected chi connectivity index (χ1v) is 27.8. The van der Waals surface area contributed by atoms with E-state index in [1.165, 1.54) is 161 Å². The number of ether oxygens (including phenoxy) is 3. The molecule has 0 N–H and O–H groups in total. The lowest BCUT2D eigenvalue weighted by Crippen LogP contribution is -2.30. The molecule has 64 heavy (non-hydrogen) atoms. The second kappa shape index (κ2) is 54.9. The van der Waals surface area contributed by atoms with Gasteiger partial charge in [0.25, 0.3) is 0 Å². The van der Waals surface area contributed by atoms with Crippen LogP contribution in [0.25, 0.3) is 0 Å². The number of rotatable bonds is 51. The van der Waals surface area contributed by atoms with Crippen molar-refractivity contribution in [2.24, 2.45) is 0 Å². The van der Waals surface area contributed by atoms with Gasteiger partial charge in [0.1, 0.15) is 6.61 Å². The maximum Gasteiger partial charge on any atom is 0.306 e. The van der Waals surface area contributed by atoms with E-state index in [0.717, 1.165) is 83.5 Å². The Morgan fingerprint density at radius 1 is 0.359 bits per heavy atom. The third-order valence-corrected chi connectivity index (χ3v) is 12.0. The molecule has 0 fully saturated rings. The SMILES string of the molecule is CC/C=C\C/C=C\C/C=C\C/C=C\CCCCCCC(=O)O[C@H](COCCCCCCCCCCCCCCCCCC)COC(=O)CCCCCCCCC/C=C\CCCCCC. The monoisotopic (exact) mass is 895 g/mol. The lowest BCUT2D eigenvalue weighted by atomic mass is 10.0. The molecule has 0 aromatic carbocycles. The molecule has 0 spiro atoms. The molecule has 5 nitrogen and oxygen atoms in total. The number of hydrogen-bond donors (Lipinski definition) is 0. The Labute approximate surface area is 398 Å². The predicted molar refractivity (Wildman–Crippen MR) is 279 cm³/mol. The summed E-state index contributed by atoms with van der Waals surface area (Å²) in [6.07, 6.45) is 69.5. The first kappa shape index (κ1) is 61.6. The Hall–Kier alpha value is -2.40. The molecule has 372 valence electrons. The summed E-state index contributed by atoms with van der Waals surface area (Å²) in [5.74, 6) is -0.418. The topological polar surface area (TPSA) is 61.8 Å². The summed E-state index contributed by atoms with van der Waals surface area (Å²) in [6.45, 7) is 7.71. The van der Waals surface area contributed by atoms with Crippen LogP contribution in [0.4, 0.5) is 0 Å². The minimum atomic E-state index is -0.549. The molecular weight excluding hydrogens is 789 g/mol. The normalized spacial score (nSPS) is 12.6. The fourth-order valence-electron chi connectivity index (χ4n) is 7.91. The quantitative estimate of drug-likeness (QED) is 0.0346. The number of unbranched alkanes of at least 4 members (excludes halogenated alkanes) is 30. The molecule has 0 radical (unpaired) electrons. The third-order valence-electron chi connectivity index (χ3n) is 12.0. The van der Waals surface area contributed by atoms with Crippen molar-refractivity contribution in [3.63, 3.8) is 0 Å². The molecule has 5 heteroatoms. The molecule has 0 heterocycles. The van der Waals surface area contributed by atoms with Crippen LogP contribution in [0.3, 0.4) is 0 Å². The van der Waals surface area contributed by atoms with Gasteiger partial charge in [0.2, 0.25) is 0 Å². The van der Waals surface area contributed by atoms with Gasteiger partial charge in [-0.3, -0.25) is 9.59 Å². The molecule has 0 aliphatic carbocycles. The molecule has 0 bridgehead atoms. The van der Waals surface area contributed by atoms with Crippen molar-refractivity contribution in [2.45, 2.75) is 284 Å². The molecule has 0 saturated carbocycles. The Bertz CT molecular complexity index is 1100. The molecular formula is C59H106O5. The Kier molecular flexibility index (Phi) is 52.9. The van der Waals surface area contributed by atoms with Crippen molar-refractivity contribution in [3.8, 4) is 0 Å². The van der Waals surface area contributed by atoms with Gasteiger partial charge in [0.15, 0.2) is 6.10 Å². The zero-order valence-electron chi connectivity index (χ0n) is 42.8. The van der Waals surface area contributed by atoms with Gasteiger partial charge in [0, 0.05) is 19.4 Å². The maximum atomic E-state index is 12.8. The standard InChI is InChI=1S/C59H106O5/c1-4-7-10-13-16-19-22-25-28-30-32-35-38-41-44-47-50-53-59(61)64-57(55-62-54-51-48-45-42-39-36-33-29-26-23-20-17-14-11-8-5-2)56-63-58(60)52-49-46-43-40-37-34-31-27-24-21-18-15-12-9-6-3/h7,10,16,19,21,24-25,28,32,35,57H,4-6,8-9,11-15,17-18,20,22-23,26-27,29-31,33-34,36-56H2,1-3H3/b10-7-,19-16-,24-21-,28-25-,35-32-/t57-/m1/s1. The van der Waals surface area contributed by atoms with E-state index in [9.17, 15) is 9.59 Å². The van der Waals surface area contributed by atoms with Gasteiger partial charge in [-0.2, -0.15) is 0 Å². The van der Waals surface area contributed by atoms with Crippen molar-refractivity contribution in [1.82, 2.24) is 0 Å². The summed E-state index contributed by atoms with van der Waals surface area (Å²) < 4.78 is 17.4. The van der Waals surface area contributed by atoms with Crippen LogP contribution in [0.5, 0.6) is 0 Å². The lowest BCUT2D eigenvalue weighted by molar-refractivity contribution is -0.163. The van der Waals surface area contributed by atoms with E-state index in [0.29, 0.717) is 19.4 Å². The number of allylic oxidation sites excluding steroid dienone is 10. The van der Waals surface area contributed by atoms with Crippen LogP contribution < -0.4 is 0 Å². The molecule has 0 amide bonds. The zero-order valence-corrected chi connectivity index (χ0v) is 42.8. The fourth-order valence-corrected chi connectivity index (χ4v) is 7.91. The highest BCUT2D eigenvalue weighted by Crippen LogP contribution is 2.15. The summed E-state index contributed by atoms with van der Waals surface area (Å²) in [5, 5.41) is 0. The zero-order chi connectivity index (χ0) is 46.3. The smallest absolute Gasteiger partial charge is 0.306 e. The second-order valence-electron chi connectivity index (χ2n) is 18.5. The minimum absolute atomic E-state index is 0.0750. The number of carbonyl (C=O) groups excluding carboxylic acids is 2. The molecule has 0 aromatic rings. The number of esters is 2. The van der Waals surface area contributed by atoms with Crippen LogP contribution in [0.15, 0.2) is 60.8 Å². The molecule has 0 aromatic heterocycles. The molecule has 0 unspecified atom stereocenters. The summed E-state index contributed by atoms with van der Waals surface area (Å²) >= 11 is 0. The highest BCUT2D eigenvalue weighted by Gasteiger charge is 2.17. The van der Waals surface area contributed by atoms with E-state index in [1.807, 2.05) is 0 Å². The lowest BCUT2D eigenvalue weighted by Gasteiger charge is -2.18. The summed E-state index contributed by atoms with van der Waals surface area (Å²) in [5.41, 5.74) is 0. The fraction of sp³-hybridized carbons (Fsp3) is 0.797. The van der Waals surface area contributed by atoms with Crippen LogP contribution in [0.2, 0.25) is 0 Å². The Morgan fingerprint density at radius 3 is 1.16 bits per heavy atom. The van der Waals surface area contributed by atoms with Gasteiger partial charge in [-0.25, -0.2) is 0 Å². The van der Waals surface area contributed by atoms with Crippen molar-refractivity contribution < 1.29 is 23.8 Å². The highest BCUT2D eigenvalue weighted by atomic mass is 16.6. The van der Waals surface area contributed by atoms with Gasteiger partial charge < -0.3 is 14.2 Å². The van der Waals surface area contributed by atoms with E-state index < -0.39 is 6.10 Å². The first-order valence-electron chi connectivity index (χ1n) is 27.8. The average molecular weight is 895 g/mol. The van der Waals surface area contributed by atoms with Crippen LogP contribution in [0, 0.1) is 0 Å². The summed E-state index contributed by atoms with van der Waals surface area (Å²) in [4.78, 5) is 25.5. The summed E-state index contributed by atoms with van der Waals surface area (Å²) in [6, 6.07) is 0. The number of carbonyl (C=O) groups is 2. The van der Waals surface area contributed by atoms with E-state index >= 15 is 0 Å². The minimum Gasteiger partial charge on any atom is -0.462 e. The van der Waals surface area contributed by atoms with Gasteiger partial charge in [0.05, 0.1) is 6.61 Å². The van der Waals surface area contributed by atoms with Gasteiger partial charge in [-0.15, -0.1) is 0 Å². The van der Waals surface area contributed by atoms with Crippen molar-refractivity contribution in [3.05, 3.63) is 60.8 Å². The van der Waals surface area contributed by atoms with Crippen LogP contribution in [-0.4, -0.2) is 37.9 Å². The van der Waals surface area contributed by atoms with E-state index in [4.69, 9.17) is 14.2 Å². The molecule has 0 aliphatic heterocycles. The largest absolute Gasteiger partial charge is 0.462 e. The molecule has 0 saturated heterocycles. The molecule has 0 rings (SSSR count). The Balaban J connectivity index is 4.30. The highest BCUT2D eigenvalue weighted by molar-refractivity contribution is 5.70. The summed E-state index contributed by atoms with van der Waals surface area (Å²) in [7, 11) is 0. The Morgan fingerprint density at radius 2 is 0.703 bits per heavy atom. The van der Waals surface area contributed by atoms with E-state index in [1.54, 1.807) is 0 Å². The van der Waals surface area contributed by atoms with Crippen LogP contribution in [0.1, 0.15) is 278 Å². The van der Waals surface area contributed by atoms with Crippen molar-refractivity contribution in [2.75, 3.05) is 19.8 Å². The van der Waals surface area contributed by atoms with Crippen LogP contribution in [-0.2, 0) is 23.8 Å². The maximum absolute atomic E-state index is 12.8. The van der Waals surface area contributed by atoms with Gasteiger partial charge >= 0.3 is 11.9 Å². The first-order chi connectivity index (χ1) is 31.6. The second-order valence-corrected chi connectivity index (χ2v) is 18.5. The average Bonchev–Trinajstić information content (AvgIpc) is 3.30. The number of hydrogen-bond acceptors (Lipinski definition) is 5. The predicted octanol–water partition coefficient (Wildman–Crippen LogP) is 18.9. The molecule has 1 atom stereocenters. The van der Waals surface area contributed by atoms with Crippen molar-refractivity contribution >= 4 is 11.9 Å². The van der Waals surface area contributed by atoms with Crippen LogP contribution >= 0.6 is 0 Å². The van der Waals surface area contributed by atoms with E-state index in [2.05, 4.69) is 81.5 Å². The van der Waals surface area contributed by atoms with E-state index in [-0.39, 0.29) is 25.2 Å². The van der Waals surface area contributed by atoms with Gasteiger partial charge in [-0.1, -0.05) is 242 Å². The van der Waals surface area contributed by atoms with Crippen molar-refractivity contribution in [1.29, 1.82) is 0 Å².